The number of aliphatic hydroxyl groups excluding tert-OH is 1. The van der Waals surface area contributed by atoms with E-state index in [-0.39, 0.29) is 6.61 Å². The summed E-state index contributed by atoms with van der Waals surface area (Å²) in [6.45, 7) is 2.03. The van der Waals surface area contributed by atoms with E-state index in [1.165, 1.54) is 64.2 Å². The summed E-state index contributed by atoms with van der Waals surface area (Å²) in [5.74, 6) is 0. The third-order valence-electron chi connectivity index (χ3n) is 4.78. The maximum Gasteiger partial charge on any atom is 0.469 e. The summed E-state index contributed by atoms with van der Waals surface area (Å²) in [6.07, 6.45) is 18.1. The maximum absolute atomic E-state index is 10.8. The molecule has 0 heterocycles. The van der Waals surface area contributed by atoms with Crippen LogP contribution in [0.4, 0.5) is 0 Å². The van der Waals surface area contributed by atoms with Crippen molar-refractivity contribution in [3.63, 3.8) is 0 Å². The van der Waals surface area contributed by atoms with Gasteiger partial charge in [0.15, 0.2) is 0 Å². The SMILES string of the molecule is CCCCCCCCCCCCCC=CC(O)C(COP(=O)(O)O)N(C)C. The number of aliphatic hydroxyl groups is 1. The molecule has 162 valence electrons. The van der Waals surface area contributed by atoms with Gasteiger partial charge in [0.2, 0.25) is 0 Å². The van der Waals surface area contributed by atoms with Crippen molar-refractivity contribution < 1.29 is 24.0 Å². The summed E-state index contributed by atoms with van der Waals surface area (Å²) in [7, 11) is -1.03. The van der Waals surface area contributed by atoms with E-state index in [1.807, 2.05) is 6.08 Å². The van der Waals surface area contributed by atoms with Crippen LogP contribution in [-0.4, -0.2) is 52.6 Å². The van der Waals surface area contributed by atoms with Crippen molar-refractivity contribution in [3.8, 4) is 0 Å². The number of hydrogen-bond donors (Lipinski definition) is 3. The van der Waals surface area contributed by atoms with E-state index in [2.05, 4.69) is 11.4 Å². The van der Waals surface area contributed by atoms with Crippen LogP contribution in [0.15, 0.2) is 12.2 Å². The highest BCUT2D eigenvalue weighted by Gasteiger charge is 2.24. The topological polar surface area (TPSA) is 90.2 Å². The van der Waals surface area contributed by atoms with Gasteiger partial charge in [-0.25, -0.2) is 4.57 Å². The highest BCUT2D eigenvalue weighted by molar-refractivity contribution is 7.46. The third kappa shape index (κ3) is 17.6. The summed E-state index contributed by atoms with van der Waals surface area (Å²) in [5, 5.41) is 10.2. The molecule has 0 aliphatic rings. The fraction of sp³-hybridized carbons (Fsp3) is 0.900. The number of likely N-dealkylation sites (N-methyl/N-ethyl adjacent to an activating group) is 1. The average Bonchev–Trinajstić information content (AvgIpc) is 2.57. The Balaban J connectivity index is 3.74. The van der Waals surface area contributed by atoms with Gasteiger partial charge < -0.3 is 19.8 Å². The summed E-state index contributed by atoms with van der Waals surface area (Å²) in [4.78, 5) is 19.3. The first kappa shape index (κ1) is 26.8. The number of hydrogen-bond acceptors (Lipinski definition) is 4. The maximum atomic E-state index is 10.8. The Morgan fingerprint density at radius 3 is 1.85 bits per heavy atom. The van der Waals surface area contributed by atoms with E-state index in [1.54, 1.807) is 25.1 Å². The Morgan fingerprint density at radius 1 is 0.926 bits per heavy atom. The number of phosphoric ester groups is 1. The molecule has 0 aromatic heterocycles. The van der Waals surface area contributed by atoms with Crippen molar-refractivity contribution >= 4 is 7.82 Å². The molecule has 0 radical (unpaired) electrons. The largest absolute Gasteiger partial charge is 0.469 e. The second kappa shape index (κ2) is 16.7. The minimum atomic E-state index is -4.52. The van der Waals surface area contributed by atoms with Crippen LogP contribution in [0.25, 0.3) is 0 Å². The second-order valence-corrected chi connectivity index (χ2v) is 8.80. The standard InChI is InChI=1S/C20H42NO5P/c1-4-5-6-7-8-9-10-11-12-13-14-15-16-17-20(22)19(21(2)3)18-26-27(23,24)25/h16-17,19-20,22H,4-15,18H2,1-3H3,(H2,23,24,25). The predicted octanol–water partition coefficient (Wildman–Crippen LogP) is 4.64. The Kier molecular flexibility index (Phi) is 16.6. The molecule has 0 saturated heterocycles. The fourth-order valence-electron chi connectivity index (χ4n) is 3.02. The van der Waals surface area contributed by atoms with Crippen LogP contribution < -0.4 is 0 Å². The first-order valence-corrected chi connectivity index (χ1v) is 12.0. The smallest absolute Gasteiger partial charge is 0.387 e. The molecule has 0 saturated carbocycles. The van der Waals surface area contributed by atoms with Crippen LogP contribution >= 0.6 is 7.82 Å². The van der Waals surface area contributed by atoms with Crippen LogP contribution in [0.3, 0.4) is 0 Å². The lowest BCUT2D eigenvalue weighted by atomic mass is 10.0. The van der Waals surface area contributed by atoms with E-state index in [9.17, 15) is 9.67 Å². The molecule has 0 amide bonds. The molecule has 0 aromatic carbocycles. The molecular formula is C20H42NO5P. The van der Waals surface area contributed by atoms with E-state index in [4.69, 9.17) is 9.79 Å². The molecule has 0 bridgehead atoms. The molecule has 0 fully saturated rings. The van der Waals surface area contributed by atoms with Gasteiger partial charge in [-0.15, -0.1) is 0 Å². The molecule has 0 aromatic rings. The molecule has 6 nitrogen and oxygen atoms in total. The van der Waals surface area contributed by atoms with Crippen LogP contribution in [0.2, 0.25) is 0 Å². The predicted molar refractivity (Wildman–Crippen MR) is 112 cm³/mol. The van der Waals surface area contributed by atoms with Crippen molar-refractivity contribution in [1.82, 2.24) is 4.90 Å². The van der Waals surface area contributed by atoms with Crippen molar-refractivity contribution in [1.29, 1.82) is 0 Å². The van der Waals surface area contributed by atoms with Crippen LogP contribution in [0.5, 0.6) is 0 Å². The van der Waals surface area contributed by atoms with E-state index >= 15 is 0 Å². The molecule has 27 heavy (non-hydrogen) atoms. The molecular weight excluding hydrogens is 365 g/mol. The van der Waals surface area contributed by atoms with Crippen molar-refractivity contribution in [2.75, 3.05) is 20.7 Å². The molecule has 0 spiro atoms. The molecule has 0 aliphatic heterocycles. The average molecular weight is 408 g/mol. The van der Waals surface area contributed by atoms with Crippen molar-refractivity contribution in [2.24, 2.45) is 0 Å². The lowest BCUT2D eigenvalue weighted by Gasteiger charge is -2.27. The Morgan fingerprint density at radius 2 is 1.41 bits per heavy atom. The Hall–Kier alpha value is -0.230. The van der Waals surface area contributed by atoms with Crippen molar-refractivity contribution in [3.05, 3.63) is 12.2 Å². The van der Waals surface area contributed by atoms with Gasteiger partial charge in [-0.3, -0.25) is 4.52 Å². The zero-order valence-corrected chi connectivity index (χ0v) is 18.4. The fourth-order valence-corrected chi connectivity index (χ4v) is 3.36. The molecule has 7 heteroatoms. The first-order chi connectivity index (χ1) is 12.8. The van der Waals surface area contributed by atoms with Crippen LogP contribution in [-0.2, 0) is 9.09 Å². The first-order valence-electron chi connectivity index (χ1n) is 10.5. The number of nitrogens with zero attached hydrogens (tertiary/aromatic N) is 1. The summed E-state index contributed by atoms with van der Waals surface area (Å²) in [5.41, 5.74) is 0. The lowest BCUT2D eigenvalue weighted by Crippen LogP contribution is -2.41. The lowest BCUT2D eigenvalue weighted by molar-refractivity contribution is 0.0630. The molecule has 2 unspecified atom stereocenters. The number of allylic oxidation sites excluding steroid dienone is 1. The molecule has 3 N–H and O–H groups in total. The minimum Gasteiger partial charge on any atom is -0.387 e. The van der Waals surface area contributed by atoms with Crippen LogP contribution in [0.1, 0.15) is 84.0 Å². The van der Waals surface area contributed by atoms with Gasteiger partial charge in [-0.1, -0.05) is 83.3 Å². The third-order valence-corrected chi connectivity index (χ3v) is 5.26. The highest BCUT2D eigenvalue weighted by Crippen LogP contribution is 2.36. The number of unbranched alkanes of at least 4 members (excludes halogenated alkanes) is 11. The van der Waals surface area contributed by atoms with Gasteiger partial charge in [0, 0.05) is 0 Å². The van der Waals surface area contributed by atoms with E-state index in [0.29, 0.717) is 0 Å². The molecule has 2 atom stereocenters. The second-order valence-electron chi connectivity index (χ2n) is 7.56. The Labute approximate surface area is 166 Å². The van der Waals surface area contributed by atoms with Gasteiger partial charge in [0.05, 0.1) is 18.8 Å². The summed E-state index contributed by atoms with van der Waals surface area (Å²) in [6, 6.07) is -0.494. The van der Waals surface area contributed by atoms with Gasteiger partial charge in [0.25, 0.3) is 0 Å². The van der Waals surface area contributed by atoms with Crippen LogP contribution in [0, 0.1) is 0 Å². The van der Waals surface area contributed by atoms with Gasteiger partial charge >= 0.3 is 7.82 Å². The monoisotopic (exact) mass is 407 g/mol. The zero-order valence-electron chi connectivity index (χ0n) is 17.6. The Bertz CT molecular complexity index is 411. The number of rotatable bonds is 18. The molecule has 0 aliphatic carbocycles. The van der Waals surface area contributed by atoms with Gasteiger partial charge in [-0.2, -0.15) is 0 Å². The summed E-state index contributed by atoms with van der Waals surface area (Å²) >= 11 is 0. The molecule has 0 rings (SSSR count). The number of phosphoric acid groups is 1. The van der Waals surface area contributed by atoms with E-state index < -0.39 is 20.0 Å². The van der Waals surface area contributed by atoms with E-state index in [0.717, 1.165) is 12.8 Å². The van der Waals surface area contributed by atoms with Gasteiger partial charge in [0.1, 0.15) is 0 Å². The van der Waals surface area contributed by atoms with Crippen molar-refractivity contribution in [2.45, 2.75) is 96.1 Å². The van der Waals surface area contributed by atoms with Gasteiger partial charge in [-0.05, 0) is 26.9 Å². The quantitative estimate of drug-likeness (QED) is 0.174. The normalized spacial score (nSPS) is 14.9. The summed E-state index contributed by atoms with van der Waals surface area (Å²) < 4.78 is 15.3. The minimum absolute atomic E-state index is 0.221. The highest BCUT2D eigenvalue weighted by atomic mass is 31.2. The zero-order chi connectivity index (χ0) is 20.5.